The Hall–Kier alpha value is -1.80. The van der Waals surface area contributed by atoms with Crippen LogP contribution in [-0.2, 0) is 6.54 Å². The van der Waals surface area contributed by atoms with Gasteiger partial charge in [0.2, 0.25) is 5.88 Å². The molecule has 0 saturated carbocycles. The molecule has 2 rings (SSSR count). The lowest BCUT2D eigenvalue weighted by molar-refractivity contribution is -0.154. The van der Waals surface area contributed by atoms with Gasteiger partial charge in [-0.1, -0.05) is 6.08 Å². The molecule has 0 atom stereocenters. The fourth-order valence-electron chi connectivity index (χ4n) is 2.12. The summed E-state index contributed by atoms with van der Waals surface area (Å²) in [4.78, 5) is 3.92. The van der Waals surface area contributed by atoms with Crippen molar-refractivity contribution < 1.29 is 23.0 Å². The second-order valence-electron chi connectivity index (χ2n) is 4.97. The van der Waals surface area contributed by atoms with Gasteiger partial charge in [-0.2, -0.15) is 13.2 Å². The Labute approximate surface area is 126 Å². The standard InChI is InChI=1S/C14H18F3N3O2/c1-11-7-13(22-10-14(15,16)17)18-8-12(11)9-20-4-2-3-19(20)5-6-21/h2-3,7-8,21H,4-6,9-10H2,1H3. The Balaban J connectivity index is 1.98. The fraction of sp³-hybridized carbons (Fsp3) is 0.500. The molecule has 5 nitrogen and oxygen atoms in total. The van der Waals surface area contributed by atoms with Gasteiger partial charge in [-0.25, -0.2) is 9.99 Å². The number of hydrazine groups is 1. The molecule has 0 saturated heterocycles. The molecule has 1 aromatic heterocycles. The quantitative estimate of drug-likeness (QED) is 0.868. The highest BCUT2D eigenvalue weighted by molar-refractivity contribution is 5.28. The number of alkyl halides is 3. The molecule has 8 heteroatoms. The Morgan fingerprint density at radius 3 is 2.82 bits per heavy atom. The molecule has 0 aromatic carbocycles. The van der Waals surface area contributed by atoms with Crippen LogP contribution in [0, 0.1) is 6.92 Å². The number of aliphatic hydroxyl groups is 1. The van der Waals surface area contributed by atoms with Crippen molar-refractivity contribution in [1.82, 2.24) is 15.0 Å². The van der Waals surface area contributed by atoms with Crippen molar-refractivity contribution in [2.45, 2.75) is 19.6 Å². The number of hydrogen-bond donors (Lipinski definition) is 1. The maximum atomic E-state index is 12.1. The molecule has 0 unspecified atom stereocenters. The van der Waals surface area contributed by atoms with Crippen LogP contribution in [0.4, 0.5) is 13.2 Å². The average Bonchev–Trinajstić information content (AvgIpc) is 2.86. The molecule has 0 fully saturated rings. The molecular weight excluding hydrogens is 299 g/mol. The normalized spacial score (nSPS) is 15.6. The lowest BCUT2D eigenvalue weighted by atomic mass is 10.1. The highest BCUT2D eigenvalue weighted by Gasteiger charge is 2.28. The Morgan fingerprint density at radius 2 is 2.18 bits per heavy atom. The smallest absolute Gasteiger partial charge is 0.422 e. The van der Waals surface area contributed by atoms with Crippen LogP contribution in [-0.4, -0.2) is 52.6 Å². The van der Waals surface area contributed by atoms with E-state index in [9.17, 15) is 13.2 Å². The van der Waals surface area contributed by atoms with Crippen molar-refractivity contribution in [3.05, 3.63) is 35.7 Å². The molecule has 122 valence electrons. The molecular formula is C14H18F3N3O2. The predicted octanol–water partition coefficient (Wildman–Crippen LogP) is 1.87. The van der Waals surface area contributed by atoms with Gasteiger partial charge in [0.05, 0.1) is 13.2 Å². The van der Waals surface area contributed by atoms with Crippen LogP contribution >= 0.6 is 0 Å². The Morgan fingerprint density at radius 1 is 1.41 bits per heavy atom. The van der Waals surface area contributed by atoms with Crippen LogP contribution in [0.25, 0.3) is 0 Å². The third-order valence-electron chi connectivity index (χ3n) is 3.22. The number of rotatable bonds is 6. The molecule has 0 bridgehead atoms. The summed E-state index contributed by atoms with van der Waals surface area (Å²) in [6.45, 7) is 2.27. The molecule has 2 heterocycles. The number of nitrogens with zero attached hydrogens (tertiary/aromatic N) is 3. The SMILES string of the molecule is Cc1cc(OCC(F)(F)F)ncc1CN1CC=CN1CCO. The van der Waals surface area contributed by atoms with Gasteiger partial charge in [0, 0.05) is 31.6 Å². The number of aliphatic hydroxyl groups excluding tert-OH is 1. The van der Waals surface area contributed by atoms with E-state index in [2.05, 4.69) is 9.72 Å². The molecule has 0 aliphatic carbocycles. The zero-order valence-corrected chi connectivity index (χ0v) is 12.2. The molecule has 22 heavy (non-hydrogen) atoms. The third-order valence-corrected chi connectivity index (χ3v) is 3.22. The highest BCUT2D eigenvalue weighted by Crippen LogP contribution is 2.21. The second kappa shape index (κ2) is 6.97. The summed E-state index contributed by atoms with van der Waals surface area (Å²) >= 11 is 0. The zero-order chi connectivity index (χ0) is 16.2. The first-order valence-electron chi connectivity index (χ1n) is 6.83. The van der Waals surface area contributed by atoms with E-state index in [-0.39, 0.29) is 12.5 Å². The van der Waals surface area contributed by atoms with Gasteiger partial charge in [-0.05, 0) is 18.1 Å². The van der Waals surface area contributed by atoms with E-state index < -0.39 is 12.8 Å². The van der Waals surface area contributed by atoms with E-state index in [1.54, 1.807) is 6.92 Å². The minimum absolute atomic E-state index is 0.0367. The van der Waals surface area contributed by atoms with Gasteiger partial charge in [0.15, 0.2) is 6.61 Å². The van der Waals surface area contributed by atoms with Gasteiger partial charge >= 0.3 is 6.18 Å². The first-order chi connectivity index (χ1) is 10.4. The summed E-state index contributed by atoms with van der Waals surface area (Å²) < 4.78 is 41.0. The number of pyridine rings is 1. The van der Waals surface area contributed by atoms with Gasteiger partial charge < -0.3 is 14.9 Å². The van der Waals surface area contributed by atoms with Gasteiger partial charge in [0.1, 0.15) is 0 Å². The summed E-state index contributed by atoms with van der Waals surface area (Å²) in [5, 5.41) is 12.9. The molecule has 0 radical (unpaired) electrons. The third kappa shape index (κ3) is 4.60. The van der Waals surface area contributed by atoms with Crippen LogP contribution in [0.15, 0.2) is 24.5 Å². The first kappa shape index (κ1) is 16.6. The second-order valence-corrected chi connectivity index (χ2v) is 4.97. The highest BCUT2D eigenvalue weighted by atomic mass is 19.4. The van der Waals surface area contributed by atoms with Crippen molar-refractivity contribution in [2.24, 2.45) is 0 Å². The van der Waals surface area contributed by atoms with Crippen molar-refractivity contribution in [2.75, 3.05) is 26.3 Å². The zero-order valence-electron chi connectivity index (χ0n) is 12.2. The van der Waals surface area contributed by atoms with Crippen molar-refractivity contribution in [1.29, 1.82) is 0 Å². The van der Waals surface area contributed by atoms with Gasteiger partial charge in [-0.3, -0.25) is 0 Å². The minimum Gasteiger partial charge on any atom is -0.468 e. The van der Waals surface area contributed by atoms with Gasteiger partial charge in [-0.15, -0.1) is 0 Å². The van der Waals surface area contributed by atoms with Crippen molar-refractivity contribution in [3.63, 3.8) is 0 Å². The number of ether oxygens (including phenoxy) is 1. The van der Waals surface area contributed by atoms with Gasteiger partial charge in [0.25, 0.3) is 0 Å². The molecule has 0 spiro atoms. The van der Waals surface area contributed by atoms with E-state index in [0.29, 0.717) is 19.6 Å². The molecule has 1 aliphatic rings. The summed E-state index contributed by atoms with van der Waals surface area (Å²) in [6, 6.07) is 1.50. The van der Waals surface area contributed by atoms with Crippen molar-refractivity contribution in [3.8, 4) is 5.88 Å². The Kier molecular flexibility index (Phi) is 5.25. The lowest BCUT2D eigenvalue weighted by Gasteiger charge is -2.28. The van der Waals surface area contributed by atoms with Crippen LogP contribution in [0.3, 0.4) is 0 Å². The monoisotopic (exact) mass is 317 g/mol. The summed E-state index contributed by atoms with van der Waals surface area (Å²) in [7, 11) is 0. The molecule has 1 N–H and O–H groups in total. The van der Waals surface area contributed by atoms with E-state index in [1.165, 1.54) is 12.3 Å². The largest absolute Gasteiger partial charge is 0.468 e. The average molecular weight is 317 g/mol. The Bertz CT molecular complexity index is 535. The molecule has 1 aromatic rings. The van der Waals surface area contributed by atoms with Crippen LogP contribution in [0.5, 0.6) is 5.88 Å². The number of hydrogen-bond acceptors (Lipinski definition) is 5. The summed E-state index contributed by atoms with van der Waals surface area (Å²) in [6.07, 6.45) is 1.01. The summed E-state index contributed by atoms with van der Waals surface area (Å²) in [5.74, 6) is -0.0367. The van der Waals surface area contributed by atoms with Crippen molar-refractivity contribution >= 4 is 0 Å². The van der Waals surface area contributed by atoms with Crippen LogP contribution in [0.2, 0.25) is 0 Å². The van der Waals surface area contributed by atoms with E-state index >= 15 is 0 Å². The fourth-order valence-corrected chi connectivity index (χ4v) is 2.12. The van der Waals surface area contributed by atoms with E-state index in [1.807, 2.05) is 22.3 Å². The van der Waals surface area contributed by atoms with E-state index in [0.717, 1.165) is 11.1 Å². The van der Waals surface area contributed by atoms with Crippen LogP contribution in [0.1, 0.15) is 11.1 Å². The van der Waals surface area contributed by atoms with Crippen LogP contribution < -0.4 is 4.74 Å². The number of β-amino-alcohol motifs (C(OH)–C–C–N with tert-alkyl or cyclic N) is 1. The topological polar surface area (TPSA) is 48.8 Å². The minimum atomic E-state index is -4.37. The predicted molar refractivity (Wildman–Crippen MR) is 73.9 cm³/mol. The number of halogens is 3. The molecule has 1 aliphatic heterocycles. The van der Waals surface area contributed by atoms with E-state index in [4.69, 9.17) is 5.11 Å². The number of aryl methyl sites for hydroxylation is 1. The lowest BCUT2D eigenvalue weighted by Crippen LogP contribution is -2.36. The molecule has 0 amide bonds. The first-order valence-corrected chi connectivity index (χ1v) is 6.83. The number of aromatic nitrogens is 1. The summed E-state index contributed by atoms with van der Waals surface area (Å²) in [5.41, 5.74) is 1.70. The maximum absolute atomic E-state index is 12.1. The maximum Gasteiger partial charge on any atom is 0.422 e.